The molecule has 2 heterocycles. The van der Waals surface area contributed by atoms with Crippen molar-refractivity contribution in [2.75, 3.05) is 25.4 Å². The molecule has 1 unspecified atom stereocenters. The number of nitrogens with one attached hydrogen (secondary N) is 2. The van der Waals surface area contributed by atoms with Crippen molar-refractivity contribution in [1.82, 2.24) is 10.6 Å². The Morgan fingerprint density at radius 3 is 2.47 bits per heavy atom. The quantitative estimate of drug-likeness (QED) is 0.188. The van der Waals surface area contributed by atoms with Crippen LogP contribution in [0.25, 0.3) is 0 Å². The Kier molecular flexibility index (Phi) is 10.0. The molecule has 0 aromatic rings. The predicted octanol–water partition coefficient (Wildman–Crippen LogP) is 0.125. The van der Waals surface area contributed by atoms with E-state index in [0.29, 0.717) is 0 Å². The van der Waals surface area contributed by atoms with Gasteiger partial charge in [0.25, 0.3) is 0 Å². The molecule has 0 aromatic carbocycles. The Labute approximate surface area is 200 Å². The number of esters is 1. The number of hydrogen-bond acceptors (Lipinski definition) is 10. The summed E-state index contributed by atoms with van der Waals surface area (Å²) in [5, 5.41) is 13.4. The minimum absolute atomic E-state index is 0.00179. The van der Waals surface area contributed by atoms with Gasteiger partial charge in [0.1, 0.15) is 5.78 Å². The van der Waals surface area contributed by atoms with E-state index in [9.17, 15) is 28.8 Å². The zero-order valence-electron chi connectivity index (χ0n) is 19.2. The lowest BCUT2D eigenvalue weighted by Crippen LogP contribution is -2.58. The number of rotatable bonds is 12. The van der Waals surface area contributed by atoms with Crippen LogP contribution in [0.15, 0.2) is 0 Å². The zero-order chi connectivity index (χ0) is 25.4. The second-order valence-electron chi connectivity index (χ2n) is 8.65. The van der Waals surface area contributed by atoms with Crippen molar-refractivity contribution in [3.8, 4) is 0 Å². The van der Waals surface area contributed by atoms with E-state index >= 15 is 0 Å². The van der Waals surface area contributed by atoms with Crippen molar-refractivity contribution in [2.24, 2.45) is 5.41 Å². The molecule has 13 heteroatoms. The molecule has 12 nitrogen and oxygen atoms in total. The average molecular weight is 503 g/mol. The summed E-state index contributed by atoms with van der Waals surface area (Å²) in [7, 11) is 0. The second-order valence-corrected chi connectivity index (χ2v) is 9.81. The molecule has 0 aromatic heterocycles. The highest BCUT2D eigenvalue weighted by atomic mass is 32.2. The average Bonchev–Trinajstić information content (AvgIpc) is 3.12. The fourth-order valence-electron chi connectivity index (χ4n) is 3.25. The summed E-state index contributed by atoms with van der Waals surface area (Å²) in [6.07, 6.45) is -1.44. The first-order valence-electron chi connectivity index (χ1n) is 10.9. The number of carboxylic acid groups (broad SMARTS) is 1. The Balaban J connectivity index is 1.63. The number of carbonyl (C=O) groups excluding carboxylic acids is 5. The number of thioether (sulfide) groups is 1. The summed E-state index contributed by atoms with van der Waals surface area (Å²) < 4.78 is 16.4. The minimum Gasteiger partial charge on any atom is -0.481 e. The van der Waals surface area contributed by atoms with E-state index in [1.807, 2.05) is 0 Å². The highest BCUT2D eigenvalue weighted by Gasteiger charge is 2.54. The summed E-state index contributed by atoms with van der Waals surface area (Å²) >= 11 is 0.882. The maximum absolute atomic E-state index is 12.7. The van der Waals surface area contributed by atoms with Crippen LogP contribution in [-0.2, 0) is 43.0 Å². The molecule has 34 heavy (non-hydrogen) atoms. The van der Waals surface area contributed by atoms with Crippen LogP contribution in [0, 0.1) is 5.41 Å². The van der Waals surface area contributed by atoms with Gasteiger partial charge >= 0.3 is 17.9 Å². The largest absolute Gasteiger partial charge is 0.481 e. The number of amides is 2. The molecule has 0 aliphatic carbocycles. The van der Waals surface area contributed by atoms with E-state index in [0.717, 1.165) is 11.8 Å². The highest BCUT2D eigenvalue weighted by Crippen LogP contribution is 2.41. The van der Waals surface area contributed by atoms with Gasteiger partial charge in [0, 0.05) is 37.1 Å². The van der Waals surface area contributed by atoms with Crippen molar-refractivity contribution in [1.29, 1.82) is 0 Å². The summed E-state index contributed by atoms with van der Waals surface area (Å²) in [5.74, 6) is -4.06. The van der Waals surface area contributed by atoms with Crippen molar-refractivity contribution in [2.45, 2.75) is 64.4 Å². The molecule has 0 bridgehead atoms. The summed E-state index contributed by atoms with van der Waals surface area (Å²) in [4.78, 5) is 69.7. The lowest BCUT2D eigenvalue weighted by Gasteiger charge is -2.44. The number of hydrogen-bond donors (Lipinski definition) is 3. The normalized spacial score (nSPS) is 23.2. The van der Waals surface area contributed by atoms with Gasteiger partial charge in [-0.05, 0) is 0 Å². The molecule has 1 spiro atoms. The summed E-state index contributed by atoms with van der Waals surface area (Å²) in [5.41, 5.74) is -0.675. The van der Waals surface area contributed by atoms with Gasteiger partial charge in [0.15, 0.2) is 11.2 Å². The topological polar surface area (TPSA) is 174 Å². The molecule has 2 atom stereocenters. The van der Waals surface area contributed by atoms with E-state index < -0.39 is 41.1 Å². The number of Topliss-reactive ketones (excluding diaryl/α,β-unsaturated/α-hetero) is 1. The van der Waals surface area contributed by atoms with E-state index in [1.54, 1.807) is 13.8 Å². The van der Waals surface area contributed by atoms with Gasteiger partial charge in [-0.3, -0.25) is 28.8 Å². The molecule has 2 aliphatic heterocycles. The van der Waals surface area contributed by atoms with Gasteiger partial charge in [-0.1, -0.05) is 25.6 Å². The predicted molar refractivity (Wildman–Crippen MR) is 117 cm³/mol. The van der Waals surface area contributed by atoms with E-state index in [2.05, 4.69) is 10.6 Å². The molecule has 2 saturated heterocycles. The van der Waals surface area contributed by atoms with Crippen LogP contribution in [-0.4, -0.2) is 77.3 Å². The van der Waals surface area contributed by atoms with Crippen molar-refractivity contribution < 1.29 is 48.1 Å². The lowest BCUT2D eigenvalue weighted by atomic mass is 9.85. The molecular formula is C21H30N2O10S. The SMILES string of the molecule is CC1(C)COC2(CCC(=O)O2)O[C@H]1C(=O)NCCC(=O)NCCSC(=O)CC(=O)CCC(=O)O. The Morgan fingerprint density at radius 1 is 1.09 bits per heavy atom. The molecule has 0 saturated carbocycles. The standard InChI is InChI=1S/C21H30N2O10S/c1-20(2)12-31-21(7-5-16(28)32-21)33-18(20)19(30)23-8-6-14(25)22-9-10-34-17(29)11-13(24)3-4-15(26)27/h18H,3-12H2,1-2H3,(H,22,25)(H,23,30)(H,26,27)/t18-,21?/m0/s1. The van der Waals surface area contributed by atoms with Crippen LogP contribution in [0.2, 0.25) is 0 Å². The number of ketones is 1. The lowest BCUT2D eigenvalue weighted by molar-refractivity contribution is -0.404. The summed E-state index contributed by atoms with van der Waals surface area (Å²) in [6.45, 7) is 3.97. The van der Waals surface area contributed by atoms with Crippen LogP contribution in [0.3, 0.4) is 0 Å². The molecular weight excluding hydrogens is 472 g/mol. The maximum atomic E-state index is 12.7. The number of carboxylic acids is 1. The van der Waals surface area contributed by atoms with E-state index in [1.165, 1.54) is 0 Å². The van der Waals surface area contributed by atoms with Crippen molar-refractivity contribution in [3.05, 3.63) is 0 Å². The third kappa shape index (κ3) is 8.69. The molecule has 2 aliphatic rings. The Bertz CT molecular complexity index is 830. The first-order valence-corrected chi connectivity index (χ1v) is 11.9. The van der Waals surface area contributed by atoms with E-state index in [-0.39, 0.29) is 75.0 Å². The first kappa shape index (κ1) is 27.7. The second kappa shape index (κ2) is 12.3. The summed E-state index contributed by atoms with van der Waals surface area (Å²) in [6, 6.07) is 0. The number of carbonyl (C=O) groups is 6. The third-order valence-electron chi connectivity index (χ3n) is 5.11. The van der Waals surface area contributed by atoms with Crippen LogP contribution in [0.1, 0.15) is 52.4 Å². The van der Waals surface area contributed by atoms with Gasteiger partial charge in [0.05, 0.1) is 32.3 Å². The molecule has 2 amide bonds. The van der Waals surface area contributed by atoms with Crippen LogP contribution < -0.4 is 10.6 Å². The minimum atomic E-state index is -1.54. The van der Waals surface area contributed by atoms with Crippen LogP contribution >= 0.6 is 11.8 Å². The molecule has 2 fully saturated rings. The van der Waals surface area contributed by atoms with Crippen molar-refractivity contribution >= 4 is 46.4 Å². The molecule has 2 rings (SSSR count). The third-order valence-corrected chi connectivity index (χ3v) is 5.99. The molecule has 190 valence electrons. The fraction of sp³-hybridized carbons (Fsp3) is 0.714. The molecule has 0 radical (unpaired) electrons. The van der Waals surface area contributed by atoms with Gasteiger partial charge in [-0.25, -0.2) is 0 Å². The zero-order valence-corrected chi connectivity index (χ0v) is 20.0. The number of ether oxygens (including phenoxy) is 3. The first-order chi connectivity index (χ1) is 15.9. The Morgan fingerprint density at radius 2 is 1.82 bits per heavy atom. The van der Waals surface area contributed by atoms with E-state index in [4.69, 9.17) is 19.3 Å². The highest BCUT2D eigenvalue weighted by molar-refractivity contribution is 8.13. The van der Waals surface area contributed by atoms with Crippen LogP contribution in [0.5, 0.6) is 0 Å². The monoisotopic (exact) mass is 502 g/mol. The van der Waals surface area contributed by atoms with Gasteiger partial charge in [0.2, 0.25) is 11.8 Å². The number of aliphatic carboxylic acids is 1. The molecule has 3 N–H and O–H groups in total. The smallest absolute Gasteiger partial charge is 0.330 e. The van der Waals surface area contributed by atoms with Gasteiger partial charge in [-0.2, -0.15) is 0 Å². The maximum Gasteiger partial charge on any atom is 0.330 e. The van der Waals surface area contributed by atoms with Crippen LogP contribution in [0.4, 0.5) is 0 Å². The van der Waals surface area contributed by atoms with Gasteiger partial charge < -0.3 is 30.0 Å². The fourth-order valence-corrected chi connectivity index (χ4v) is 3.95. The van der Waals surface area contributed by atoms with Gasteiger partial charge in [-0.15, -0.1) is 0 Å². The van der Waals surface area contributed by atoms with Crippen molar-refractivity contribution in [3.63, 3.8) is 0 Å². The Hall–Kier alpha value is -2.51.